The molecular formula is C16H18N4O2S. The molecule has 0 unspecified atom stereocenters. The summed E-state index contributed by atoms with van der Waals surface area (Å²) in [6, 6.07) is 7.62. The molecule has 0 radical (unpaired) electrons. The van der Waals surface area contributed by atoms with Crippen molar-refractivity contribution < 1.29 is 9.53 Å². The molecule has 1 amide bonds. The minimum absolute atomic E-state index is 0.0782. The maximum Gasteiger partial charge on any atom is 0.227 e. The highest BCUT2D eigenvalue weighted by atomic mass is 32.1. The topological polar surface area (TPSA) is 87.0 Å². The van der Waals surface area contributed by atoms with Crippen LogP contribution in [0.15, 0.2) is 30.5 Å². The lowest BCUT2D eigenvalue weighted by Crippen LogP contribution is -2.23. The number of nitrogens with zero attached hydrogens (tertiary/aromatic N) is 2. The number of hydrogen-bond donors (Lipinski definition) is 2. The number of amides is 1. The van der Waals surface area contributed by atoms with Crippen LogP contribution in [0.5, 0.6) is 5.75 Å². The van der Waals surface area contributed by atoms with E-state index in [1.807, 2.05) is 37.4 Å². The molecule has 2 rings (SSSR count). The fraction of sp³-hybridized carbons (Fsp3) is 0.312. The number of benzene rings is 1. The molecule has 2 aromatic rings. The highest BCUT2D eigenvalue weighted by molar-refractivity contribution is 7.19. The number of hydrogen-bond acceptors (Lipinski definition) is 6. The molecule has 1 aromatic heterocycles. The van der Waals surface area contributed by atoms with E-state index in [1.165, 1.54) is 11.3 Å². The summed E-state index contributed by atoms with van der Waals surface area (Å²) in [5.41, 5.74) is 0.945. The molecule has 0 fully saturated rings. The van der Waals surface area contributed by atoms with E-state index in [1.54, 1.807) is 13.3 Å². The van der Waals surface area contributed by atoms with E-state index in [9.17, 15) is 4.79 Å². The van der Waals surface area contributed by atoms with Crippen molar-refractivity contribution in [3.05, 3.63) is 30.5 Å². The molecule has 0 aliphatic carbocycles. The Balaban J connectivity index is 1.99. The second-order valence-electron chi connectivity index (χ2n) is 4.98. The van der Waals surface area contributed by atoms with Crippen LogP contribution in [0.25, 0.3) is 10.6 Å². The third kappa shape index (κ3) is 4.69. The fourth-order valence-corrected chi connectivity index (χ4v) is 2.76. The number of thiazole rings is 1. The van der Waals surface area contributed by atoms with Gasteiger partial charge in [0, 0.05) is 18.0 Å². The number of aromatic nitrogens is 1. The lowest BCUT2D eigenvalue weighted by atomic mass is 10.1. The molecule has 2 N–H and O–H groups in total. The van der Waals surface area contributed by atoms with Gasteiger partial charge in [0.2, 0.25) is 5.91 Å². The van der Waals surface area contributed by atoms with Crippen LogP contribution in [0.2, 0.25) is 0 Å². The van der Waals surface area contributed by atoms with E-state index in [0.29, 0.717) is 18.0 Å². The third-order valence-corrected chi connectivity index (χ3v) is 4.26. The highest BCUT2D eigenvalue weighted by Crippen LogP contribution is 2.30. The summed E-state index contributed by atoms with van der Waals surface area (Å²) in [6.07, 6.45) is 4.09. The zero-order chi connectivity index (χ0) is 16.7. The van der Waals surface area contributed by atoms with E-state index < -0.39 is 0 Å². The van der Waals surface area contributed by atoms with Crippen LogP contribution in [-0.2, 0) is 4.79 Å². The van der Waals surface area contributed by atoms with Crippen molar-refractivity contribution in [2.45, 2.75) is 13.3 Å². The van der Waals surface area contributed by atoms with E-state index in [-0.39, 0.29) is 11.8 Å². The Kier molecular flexibility index (Phi) is 5.94. The van der Waals surface area contributed by atoms with Gasteiger partial charge in [-0.15, -0.1) is 0 Å². The number of nitrogens with one attached hydrogen (secondary N) is 2. The summed E-state index contributed by atoms with van der Waals surface area (Å²) in [5, 5.41) is 15.3. The average molecular weight is 330 g/mol. The predicted molar refractivity (Wildman–Crippen MR) is 90.1 cm³/mol. The normalized spacial score (nSPS) is 11.3. The highest BCUT2D eigenvalue weighted by Gasteiger charge is 2.14. The number of methoxy groups -OCH3 is 1. The van der Waals surface area contributed by atoms with Crippen molar-refractivity contribution in [2.75, 3.05) is 19.0 Å². The molecule has 1 aromatic carbocycles. The van der Waals surface area contributed by atoms with Gasteiger partial charge < -0.3 is 15.4 Å². The number of nitriles is 1. The Morgan fingerprint density at radius 2 is 2.35 bits per heavy atom. The van der Waals surface area contributed by atoms with Crippen LogP contribution in [-0.4, -0.2) is 24.5 Å². The van der Waals surface area contributed by atoms with Crippen LogP contribution in [0.1, 0.15) is 13.3 Å². The second-order valence-corrected chi connectivity index (χ2v) is 6.01. The van der Waals surface area contributed by atoms with E-state index in [2.05, 4.69) is 15.6 Å². The van der Waals surface area contributed by atoms with Crippen LogP contribution < -0.4 is 15.4 Å². The number of rotatable bonds is 7. The van der Waals surface area contributed by atoms with Crippen molar-refractivity contribution in [1.29, 1.82) is 5.26 Å². The SMILES string of the molecule is COc1cccc(-c2ncc(NC(=O)[C@H](C)CCNC#N)s2)c1. The van der Waals surface area contributed by atoms with Gasteiger partial charge in [0.25, 0.3) is 0 Å². The largest absolute Gasteiger partial charge is 0.497 e. The first-order valence-corrected chi connectivity index (χ1v) is 7.98. The maximum atomic E-state index is 12.1. The molecule has 0 saturated carbocycles. The van der Waals surface area contributed by atoms with Gasteiger partial charge in [-0.05, 0) is 18.6 Å². The molecule has 23 heavy (non-hydrogen) atoms. The number of anilines is 1. The summed E-state index contributed by atoms with van der Waals surface area (Å²) in [4.78, 5) is 16.4. The molecule has 120 valence electrons. The molecule has 0 saturated heterocycles. The quantitative estimate of drug-likeness (QED) is 0.463. The third-order valence-electron chi connectivity index (χ3n) is 3.30. The van der Waals surface area contributed by atoms with Gasteiger partial charge in [-0.25, -0.2) is 4.98 Å². The number of ether oxygens (including phenoxy) is 1. The van der Waals surface area contributed by atoms with Crippen molar-refractivity contribution in [1.82, 2.24) is 10.3 Å². The Hall–Kier alpha value is -2.59. The number of carbonyl (C=O) groups is 1. The van der Waals surface area contributed by atoms with E-state index in [4.69, 9.17) is 10.00 Å². The number of carbonyl (C=O) groups excluding carboxylic acids is 1. The summed E-state index contributed by atoms with van der Waals surface area (Å²) < 4.78 is 5.20. The Morgan fingerprint density at radius 1 is 1.52 bits per heavy atom. The van der Waals surface area contributed by atoms with Gasteiger partial charge in [0.05, 0.1) is 13.3 Å². The van der Waals surface area contributed by atoms with Crippen molar-refractivity contribution >= 4 is 22.2 Å². The first-order chi connectivity index (χ1) is 11.1. The van der Waals surface area contributed by atoms with Gasteiger partial charge in [-0.3, -0.25) is 4.79 Å². The molecule has 0 aliphatic heterocycles. The molecule has 1 atom stereocenters. The molecule has 0 aliphatic rings. The standard InChI is InChI=1S/C16H18N4O2S/c1-11(6-7-18-10-17)15(21)20-14-9-19-16(23-14)12-4-3-5-13(8-12)22-2/h3-5,8-9,11,18H,6-7H2,1-2H3,(H,20,21)/t11-/m1/s1. The lowest BCUT2D eigenvalue weighted by Gasteiger charge is -2.09. The molecule has 1 heterocycles. The zero-order valence-corrected chi connectivity index (χ0v) is 13.8. The van der Waals surface area contributed by atoms with Crippen LogP contribution in [0.3, 0.4) is 0 Å². The van der Waals surface area contributed by atoms with Gasteiger partial charge >= 0.3 is 0 Å². The summed E-state index contributed by atoms with van der Waals surface area (Å²) in [6.45, 7) is 2.32. The summed E-state index contributed by atoms with van der Waals surface area (Å²) in [5.74, 6) is 0.505. The maximum absolute atomic E-state index is 12.1. The average Bonchev–Trinajstić information content (AvgIpc) is 3.03. The Morgan fingerprint density at radius 3 is 3.09 bits per heavy atom. The molecular weight excluding hydrogens is 312 g/mol. The lowest BCUT2D eigenvalue weighted by molar-refractivity contribution is -0.119. The van der Waals surface area contributed by atoms with Gasteiger partial charge in [-0.2, -0.15) is 5.26 Å². The molecule has 0 spiro atoms. The monoisotopic (exact) mass is 330 g/mol. The van der Waals surface area contributed by atoms with Gasteiger partial charge in [-0.1, -0.05) is 30.4 Å². The smallest absolute Gasteiger partial charge is 0.227 e. The predicted octanol–water partition coefficient (Wildman–Crippen LogP) is 2.85. The Bertz CT molecular complexity index is 708. The van der Waals surface area contributed by atoms with Crippen molar-refractivity contribution in [3.63, 3.8) is 0 Å². The molecule has 7 heteroatoms. The Labute approximate surface area is 139 Å². The summed E-state index contributed by atoms with van der Waals surface area (Å²) in [7, 11) is 1.62. The first kappa shape index (κ1) is 16.8. The van der Waals surface area contributed by atoms with Crippen molar-refractivity contribution in [2.24, 2.45) is 5.92 Å². The minimum atomic E-state index is -0.182. The fourth-order valence-electron chi connectivity index (χ4n) is 1.94. The summed E-state index contributed by atoms with van der Waals surface area (Å²) >= 11 is 1.41. The van der Waals surface area contributed by atoms with E-state index >= 15 is 0 Å². The van der Waals surface area contributed by atoms with Crippen LogP contribution in [0.4, 0.5) is 5.00 Å². The molecule has 6 nitrogen and oxygen atoms in total. The van der Waals surface area contributed by atoms with Gasteiger partial charge in [0.15, 0.2) is 6.19 Å². The van der Waals surface area contributed by atoms with Crippen LogP contribution in [0, 0.1) is 17.4 Å². The van der Waals surface area contributed by atoms with E-state index in [0.717, 1.165) is 16.3 Å². The minimum Gasteiger partial charge on any atom is -0.497 e. The molecule has 0 bridgehead atoms. The zero-order valence-electron chi connectivity index (χ0n) is 13.0. The first-order valence-electron chi connectivity index (χ1n) is 7.17. The van der Waals surface area contributed by atoms with Gasteiger partial charge in [0.1, 0.15) is 15.8 Å². The van der Waals surface area contributed by atoms with Crippen LogP contribution >= 0.6 is 11.3 Å². The second kappa shape index (κ2) is 8.15. The van der Waals surface area contributed by atoms with Crippen molar-refractivity contribution in [3.8, 4) is 22.5 Å².